The Bertz CT molecular complexity index is 735. The molecule has 0 bridgehead atoms. The Hall–Kier alpha value is -1.39. The van der Waals surface area contributed by atoms with Crippen molar-refractivity contribution in [1.29, 1.82) is 0 Å². The fraction of sp³-hybridized carbons (Fsp3) is 0.611. The van der Waals surface area contributed by atoms with E-state index in [0.29, 0.717) is 25.4 Å². The van der Waals surface area contributed by atoms with E-state index in [1.807, 2.05) is 0 Å². The van der Waals surface area contributed by atoms with E-state index < -0.39 is 10.0 Å². The molecule has 1 saturated heterocycles. The molecule has 2 rings (SSSR count). The van der Waals surface area contributed by atoms with Crippen LogP contribution in [0.4, 0.5) is 0 Å². The van der Waals surface area contributed by atoms with Crippen molar-refractivity contribution in [2.75, 3.05) is 59.5 Å². The van der Waals surface area contributed by atoms with Crippen LogP contribution in [-0.2, 0) is 10.0 Å². The van der Waals surface area contributed by atoms with Gasteiger partial charge in [-0.25, -0.2) is 8.42 Å². The lowest BCUT2D eigenvalue weighted by atomic mass is 10.2. The van der Waals surface area contributed by atoms with Crippen molar-refractivity contribution in [1.82, 2.24) is 19.8 Å². The summed E-state index contributed by atoms with van der Waals surface area (Å²) >= 11 is 0. The first-order valence-corrected chi connectivity index (χ1v) is 10.8. The summed E-state index contributed by atoms with van der Waals surface area (Å²) in [4.78, 5) is 15.0. The third kappa shape index (κ3) is 6.05. The topological polar surface area (TPSA) is 91.0 Å². The molecule has 8 nitrogen and oxygen atoms in total. The number of benzene rings is 1. The highest BCUT2D eigenvalue weighted by atomic mass is 35.5. The number of carbonyl (C=O) groups excluding carboxylic acids is 1. The number of ether oxygens (including phenoxy) is 1. The Morgan fingerprint density at radius 1 is 1.25 bits per heavy atom. The van der Waals surface area contributed by atoms with E-state index in [9.17, 15) is 13.2 Å². The fourth-order valence-electron chi connectivity index (χ4n) is 3.10. The smallest absolute Gasteiger partial charge is 0.255 e. The van der Waals surface area contributed by atoms with Crippen molar-refractivity contribution in [3.05, 3.63) is 23.8 Å². The van der Waals surface area contributed by atoms with Crippen LogP contribution in [0, 0.1) is 0 Å². The number of hydrogen-bond donors (Lipinski definition) is 2. The molecule has 0 aliphatic carbocycles. The molecule has 1 heterocycles. The summed E-state index contributed by atoms with van der Waals surface area (Å²) in [5.41, 5.74) is 0.228. The minimum atomic E-state index is -3.64. The van der Waals surface area contributed by atoms with Crippen molar-refractivity contribution in [3.8, 4) is 5.75 Å². The third-order valence-corrected chi connectivity index (χ3v) is 6.73. The van der Waals surface area contributed by atoms with Crippen molar-refractivity contribution in [2.45, 2.75) is 18.7 Å². The van der Waals surface area contributed by atoms with Gasteiger partial charge in [0, 0.05) is 52.4 Å². The van der Waals surface area contributed by atoms with Crippen LogP contribution in [0.2, 0.25) is 0 Å². The van der Waals surface area contributed by atoms with Gasteiger partial charge in [0.2, 0.25) is 10.0 Å². The van der Waals surface area contributed by atoms with Gasteiger partial charge in [0.1, 0.15) is 5.75 Å². The maximum absolute atomic E-state index is 12.7. The van der Waals surface area contributed by atoms with E-state index in [-0.39, 0.29) is 28.8 Å². The van der Waals surface area contributed by atoms with Crippen LogP contribution in [0.5, 0.6) is 5.75 Å². The van der Waals surface area contributed by atoms with E-state index in [4.69, 9.17) is 4.74 Å². The van der Waals surface area contributed by atoms with Crippen LogP contribution < -0.4 is 15.4 Å². The van der Waals surface area contributed by atoms with E-state index in [1.165, 1.54) is 29.6 Å². The first-order chi connectivity index (χ1) is 12.9. The second-order valence-electron chi connectivity index (χ2n) is 6.30. The standard InChI is InChI=1S/C18H30N4O4S.ClH/c1-4-22(5-2)27(24,25)15-6-7-17(26-3)16(14-15)18(23)20-10-13-21-11-8-19-9-12-21;/h6-7,14,19H,4-5,8-13H2,1-3H3,(H,20,23);1H. The first kappa shape index (κ1) is 24.6. The Balaban J connectivity index is 0.00000392. The predicted molar refractivity (Wildman–Crippen MR) is 112 cm³/mol. The highest BCUT2D eigenvalue weighted by molar-refractivity contribution is 7.89. The molecule has 0 radical (unpaired) electrons. The van der Waals surface area contributed by atoms with Crippen molar-refractivity contribution >= 4 is 28.3 Å². The van der Waals surface area contributed by atoms with Gasteiger partial charge in [-0.15, -0.1) is 12.4 Å². The van der Waals surface area contributed by atoms with Gasteiger partial charge in [0.25, 0.3) is 5.91 Å². The minimum Gasteiger partial charge on any atom is -0.496 e. The molecule has 1 aliphatic rings. The molecular formula is C18H31ClN4O4S. The van der Waals surface area contributed by atoms with E-state index >= 15 is 0 Å². The summed E-state index contributed by atoms with van der Waals surface area (Å²) in [7, 11) is -2.17. The number of rotatable bonds is 9. The van der Waals surface area contributed by atoms with Crippen molar-refractivity contribution in [2.24, 2.45) is 0 Å². The van der Waals surface area contributed by atoms with Crippen LogP contribution in [0.25, 0.3) is 0 Å². The number of hydrogen-bond acceptors (Lipinski definition) is 6. The second kappa shape index (κ2) is 11.6. The maximum Gasteiger partial charge on any atom is 0.255 e. The molecule has 10 heteroatoms. The number of nitrogens with zero attached hydrogens (tertiary/aromatic N) is 2. The monoisotopic (exact) mass is 434 g/mol. The molecule has 2 N–H and O–H groups in total. The van der Waals surface area contributed by atoms with Crippen LogP contribution in [-0.4, -0.2) is 83.0 Å². The van der Waals surface area contributed by atoms with Crippen molar-refractivity contribution < 1.29 is 17.9 Å². The Kier molecular flexibility index (Phi) is 10.2. The van der Waals surface area contributed by atoms with Gasteiger partial charge in [-0.05, 0) is 18.2 Å². The van der Waals surface area contributed by atoms with Gasteiger partial charge in [0.05, 0.1) is 17.6 Å². The van der Waals surface area contributed by atoms with Gasteiger partial charge >= 0.3 is 0 Å². The van der Waals surface area contributed by atoms with Gasteiger partial charge in [-0.3, -0.25) is 9.69 Å². The zero-order chi connectivity index (χ0) is 19.9. The molecule has 160 valence electrons. The molecule has 1 amide bonds. The van der Waals surface area contributed by atoms with Gasteiger partial charge < -0.3 is 15.4 Å². The largest absolute Gasteiger partial charge is 0.496 e. The average Bonchev–Trinajstić information content (AvgIpc) is 2.69. The highest BCUT2D eigenvalue weighted by Crippen LogP contribution is 2.24. The number of amides is 1. The lowest BCUT2D eigenvalue weighted by molar-refractivity contribution is 0.0944. The van der Waals surface area contributed by atoms with Crippen LogP contribution in [0.3, 0.4) is 0 Å². The lowest BCUT2D eigenvalue weighted by Gasteiger charge is -2.27. The second-order valence-corrected chi connectivity index (χ2v) is 8.24. The van der Waals surface area contributed by atoms with E-state index in [2.05, 4.69) is 15.5 Å². The van der Waals surface area contributed by atoms with Crippen LogP contribution >= 0.6 is 12.4 Å². The minimum absolute atomic E-state index is 0. The number of methoxy groups -OCH3 is 1. The fourth-order valence-corrected chi connectivity index (χ4v) is 4.58. The van der Waals surface area contributed by atoms with Gasteiger partial charge in [-0.1, -0.05) is 13.8 Å². The molecule has 0 saturated carbocycles. The molecule has 1 fully saturated rings. The third-order valence-electron chi connectivity index (χ3n) is 4.68. The van der Waals surface area contributed by atoms with E-state index in [0.717, 1.165) is 32.7 Å². The maximum atomic E-state index is 12.7. The highest BCUT2D eigenvalue weighted by Gasteiger charge is 2.24. The lowest BCUT2D eigenvalue weighted by Crippen LogP contribution is -2.46. The molecule has 1 aromatic carbocycles. The summed E-state index contributed by atoms with van der Waals surface area (Å²) in [6.07, 6.45) is 0. The zero-order valence-corrected chi connectivity index (χ0v) is 18.4. The Morgan fingerprint density at radius 3 is 2.46 bits per heavy atom. The van der Waals surface area contributed by atoms with Crippen LogP contribution in [0.15, 0.2) is 23.1 Å². The molecule has 0 atom stereocenters. The summed E-state index contributed by atoms with van der Waals surface area (Å²) in [6.45, 7) is 9.38. The summed E-state index contributed by atoms with van der Waals surface area (Å²) in [5.74, 6) is 0.0201. The van der Waals surface area contributed by atoms with Gasteiger partial charge in [0.15, 0.2) is 0 Å². The first-order valence-electron chi connectivity index (χ1n) is 9.33. The quantitative estimate of drug-likeness (QED) is 0.597. The van der Waals surface area contributed by atoms with E-state index in [1.54, 1.807) is 13.8 Å². The molecule has 0 spiro atoms. The van der Waals surface area contributed by atoms with Crippen molar-refractivity contribution in [3.63, 3.8) is 0 Å². The molecule has 28 heavy (non-hydrogen) atoms. The number of halogens is 1. The number of nitrogens with one attached hydrogen (secondary N) is 2. The molecule has 1 aliphatic heterocycles. The molecule has 0 aromatic heterocycles. The SMILES string of the molecule is CCN(CC)S(=O)(=O)c1ccc(OC)c(C(=O)NCCN2CCNCC2)c1.Cl. The predicted octanol–water partition coefficient (Wildman–Crippen LogP) is 0.783. The normalized spacial score (nSPS) is 15.1. The number of sulfonamides is 1. The molecule has 1 aromatic rings. The van der Waals surface area contributed by atoms with Crippen LogP contribution in [0.1, 0.15) is 24.2 Å². The summed E-state index contributed by atoms with van der Waals surface area (Å²) in [5, 5.41) is 6.15. The zero-order valence-electron chi connectivity index (χ0n) is 16.7. The molecule has 0 unspecified atom stereocenters. The Labute approximate surface area is 174 Å². The number of piperazine rings is 1. The Morgan fingerprint density at radius 2 is 1.89 bits per heavy atom. The summed E-state index contributed by atoms with van der Waals surface area (Å²) in [6, 6.07) is 4.40. The number of carbonyl (C=O) groups is 1. The molecular weight excluding hydrogens is 404 g/mol. The van der Waals surface area contributed by atoms with Gasteiger partial charge in [-0.2, -0.15) is 4.31 Å². The summed E-state index contributed by atoms with van der Waals surface area (Å²) < 4.78 is 32.1. The average molecular weight is 435 g/mol.